The van der Waals surface area contributed by atoms with E-state index in [0.29, 0.717) is 0 Å². The van der Waals surface area contributed by atoms with Gasteiger partial charge < -0.3 is 9.80 Å². The lowest BCUT2D eigenvalue weighted by Gasteiger charge is -2.29. The molecule has 2 nitrogen and oxygen atoms in total. The van der Waals surface area contributed by atoms with E-state index in [1.165, 1.54) is 106 Å². The first-order chi connectivity index (χ1) is 41.3. The summed E-state index contributed by atoms with van der Waals surface area (Å²) >= 11 is 0. The summed E-state index contributed by atoms with van der Waals surface area (Å²) < 4.78 is 0. The minimum atomic E-state index is 1.08. The molecule has 0 saturated carbocycles. The van der Waals surface area contributed by atoms with Crippen molar-refractivity contribution in [1.82, 2.24) is 0 Å². The Morgan fingerprint density at radius 3 is 0.512 bits per heavy atom. The van der Waals surface area contributed by atoms with E-state index in [0.717, 1.165) is 39.7 Å². The highest BCUT2D eigenvalue weighted by Gasteiger charge is 2.20. The van der Waals surface area contributed by atoms with E-state index in [1.54, 1.807) is 0 Å². The van der Waals surface area contributed by atoms with Crippen molar-refractivity contribution >= 4 is 34.1 Å². The SMILES string of the molecule is Cc1cc(N(c2ccc(-c3ccc(-c4ccc(N(c5ccc(-c6ccc(-c7ccccc7)cc6)cc5)c5ccc(-c6ccc(-c7ccccc7)cc6)cc5)cc4)cc3)cc2)c2cc(C)c(-c3ccccc3)c(C)c2)cc(C)c1-c1ccccc1. The lowest BCUT2D eigenvalue weighted by Crippen LogP contribution is -2.12. The molecule has 0 amide bonds. The van der Waals surface area contributed by atoms with Gasteiger partial charge in [0.1, 0.15) is 0 Å². The Balaban J connectivity index is 0.781. The van der Waals surface area contributed by atoms with Crippen LogP contribution in [0.2, 0.25) is 0 Å². The molecule has 84 heavy (non-hydrogen) atoms. The van der Waals surface area contributed by atoms with E-state index in [2.05, 4.69) is 353 Å². The summed E-state index contributed by atoms with van der Waals surface area (Å²) in [5, 5.41) is 0. The number of benzene rings is 13. The van der Waals surface area contributed by atoms with Gasteiger partial charge in [-0.1, -0.05) is 243 Å². The second-order valence-electron chi connectivity index (χ2n) is 22.0. The fourth-order valence-electron chi connectivity index (χ4n) is 12.2. The molecule has 0 fully saturated rings. The maximum atomic E-state index is 2.42. The molecular weight excluding hydrogens is 1010 g/mol. The molecule has 0 bridgehead atoms. The van der Waals surface area contributed by atoms with Gasteiger partial charge in [-0.2, -0.15) is 0 Å². The Morgan fingerprint density at radius 2 is 0.310 bits per heavy atom. The molecule has 0 aliphatic heterocycles. The molecule has 0 spiro atoms. The van der Waals surface area contributed by atoms with Crippen LogP contribution in [0.15, 0.2) is 315 Å². The van der Waals surface area contributed by atoms with Crippen LogP contribution in [0.3, 0.4) is 0 Å². The lowest BCUT2D eigenvalue weighted by atomic mass is 9.93. The average Bonchev–Trinajstić information content (AvgIpc) is 3.72. The third-order valence-corrected chi connectivity index (χ3v) is 16.4. The van der Waals surface area contributed by atoms with Gasteiger partial charge >= 0.3 is 0 Å². The van der Waals surface area contributed by atoms with E-state index in [1.807, 2.05) is 0 Å². The Morgan fingerprint density at radius 1 is 0.155 bits per heavy atom. The average molecular weight is 1080 g/mol. The molecule has 0 heterocycles. The molecule has 402 valence electrons. The van der Waals surface area contributed by atoms with Crippen molar-refractivity contribution in [3.05, 3.63) is 338 Å². The summed E-state index contributed by atoms with van der Waals surface area (Å²) in [4.78, 5) is 4.77. The van der Waals surface area contributed by atoms with Crippen molar-refractivity contribution in [2.24, 2.45) is 0 Å². The van der Waals surface area contributed by atoms with Gasteiger partial charge in [-0.3, -0.25) is 0 Å². The topological polar surface area (TPSA) is 6.48 Å². The van der Waals surface area contributed by atoms with Crippen LogP contribution in [0.5, 0.6) is 0 Å². The third kappa shape index (κ3) is 11.0. The van der Waals surface area contributed by atoms with Crippen LogP contribution < -0.4 is 9.80 Å². The summed E-state index contributed by atoms with van der Waals surface area (Å²) in [6, 6.07) is 115. The van der Waals surface area contributed by atoms with Crippen LogP contribution >= 0.6 is 0 Å². The minimum absolute atomic E-state index is 1.08. The first-order valence-corrected chi connectivity index (χ1v) is 29.0. The zero-order valence-electron chi connectivity index (χ0n) is 47.9. The highest BCUT2D eigenvalue weighted by molar-refractivity contribution is 5.87. The summed E-state index contributed by atoms with van der Waals surface area (Å²) in [6.45, 7) is 8.95. The van der Waals surface area contributed by atoms with Gasteiger partial charge in [0.15, 0.2) is 0 Å². The Labute approximate surface area is 495 Å². The molecular formula is C82H64N2. The van der Waals surface area contributed by atoms with Crippen LogP contribution in [-0.4, -0.2) is 0 Å². The van der Waals surface area contributed by atoms with Crippen molar-refractivity contribution in [3.63, 3.8) is 0 Å². The van der Waals surface area contributed by atoms with Crippen LogP contribution in [0.25, 0.3) is 89.0 Å². The van der Waals surface area contributed by atoms with Gasteiger partial charge in [0.2, 0.25) is 0 Å². The van der Waals surface area contributed by atoms with E-state index < -0.39 is 0 Å². The molecule has 0 saturated heterocycles. The third-order valence-electron chi connectivity index (χ3n) is 16.4. The zero-order valence-corrected chi connectivity index (χ0v) is 47.9. The van der Waals surface area contributed by atoms with E-state index in [-0.39, 0.29) is 0 Å². The second kappa shape index (κ2) is 23.5. The number of aryl methyl sites for hydroxylation is 4. The Hall–Kier alpha value is -10.5. The largest absolute Gasteiger partial charge is 0.311 e. The maximum Gasteiger partial charge on any atom is 0.0467 e. The highest BCUT2D eigenvalue weighted by Crippen LogP contribution is 2.43. The molecule has 0 radical (unpaired) electrons. The van der Waals surface area contributed by atoms with Crippen LogP contribution in [0, 0.1) is 27.7 Å². The summed E-state index contributed by atoms with van der Waals surface area (Å²) in [5.41, 5.74) is 30.9. The fourth-order valence-corrected chi connectivity index (χ4v) is 12.2. The fraction of sp³-hybridized carbons (Fsp3) is 0.0488. The van der Waals surface area contributed by atoms with E-state index >= 15 is 0 Å². The molecule has 0 aliphatic rings. The van der Waals surface area contributed by atoms with Crippen molar-refractivity contribution in [2.75, 3.05) is 9.80 Å². The maximum absolute atomic E-state index is 2.42. The molecule has 13 aromatic rings. The van der Waals surface area contributed by atoms with E-state index in [4.69, 9.17) is 0 Å². The normalized spacial score (nSPS) is 11.1. The molecule has 0 atom stereocenters. The molecule has 0 unspecified atom stereocenters. The second-order valence-corrected chi connectivity index (χ2v) is 22.0. The van der Waals surface area contributed by atoms with Gasteiger partial charge in [0, 0.05) is 34.1 Å². The van der Waals surface area contributed by atoms with E-state index in [9.17, 15) is 0 Å². The van der Waals surface area contributed by atoms with Crippen LogP contribution in [0.1, 0.15) is 22.3 Å². The van der Waals surface area contributed by atoms with Crippen molar-refractivity contribution in [2.45, 2.75) is 27.7 Å². The quantitative estimate of drug-likeness (QED) is 0.107. The highest BCUT2D eigenvalue weighted by atomic mass is 15.1. The van der Waals surface area contributed by atoms with Crippen molar-refractivity contribution in [1.29, 1.82) is 0 Å². The molecule has 2 heteroatoms. The lowest BCUT2D eigenvalue weighted by molar-refractivity contribution is 1.23. The first kappa shape index (κ1) is 52.8. The molecule has 13 aromatic carbocycles. The van der Waals surface area contributed by atoms with Crippen LogP contribution in [0.4, 0.5) is 34.1 Å². The molecule has 0 aliphatic carbocycles. The van der Waals surface area contributed by atoms with Crippen molar-refractivity contribution < 1.29 is 0 Å². The standard InChI is InChI=1S/C82H64N2/c1-57-53-79(54-58(2)81(57)73-21-13-7-14-22-73)84(80-55-59(3)82(60(4)56-80)74-23-15-8-16-24-74)78-51-43-72(44-52-78)68-35-33-67(34-36-68)71-41-49-77(50-42-71)83(75-45-37-69(38-46-75)65-29-25-63(26-30-65)61-17-9-5-10-18-61)76-47-39-70(40-48-76)66-31-27-64(28-32-66)62-19-11-6-12-20-62/h5-56H,1-4H3. The van der Waals surface area contributed by atoms with Gasteiger partial charge in [-0.15, -0.1) is 0 Å². The van der Waals surface area contributed by atoms with Gasteiger partial charge in [-0.05, 0) is 212 Å². The number of hydrogen-bond acceptors (Lipinski definition) is 2. The summed E-state index contributed by atoms with van der Waals surface area (Å²) in [6.07, 6.45) is 0. The zero-order chi connectivity index (χ0) is 56.9. The molecule has 0 N–H and O–H groups in total. The minimum Gasteiger partial charge on any atom is -0.311 e. The number of anilines is 6. The van der Waals surface area contributed by atoms with Crippen molar-refractivity contribution in [3.8, 4) is 89.0 Å². The summed E-state index contributed by atoms with van der Waals surface area (Å²) in [5.74, 6) is 0. The van der Waals surface area contributed by atoms with Gasteiger partial charge in [0.05, 0.1) is 0 Å². The predicted octanol–water partition coefficient (Wildman–Crippen LogP) is 23.2. The number of nitrogens with zero attached hydrogens (tertiary/aromatic N) is 2. The molecule has 13 rings (SSSR count). The monoisotopic (exact) mass is 1080 g/mol. The number of hydrogen-bond donors (Lipinski definition) is 0. The van der Waals surface area contributed by atoms with Gasteiger partial charge in [-0.25, -0.2) is 0 Å². The molecule has 0 aromatic heterocycles. The summed E-state index contributed by atoms with van der Waals surface area (Å²) in [7, 11) is 0. The predicted molar refractivity (Wildman–Crippen MR) is 358 cm³/mol. The first-order valence-electron chi connectivity index (χ1n) is 29.0. The Bertz CT molecular complexity index is 4080. The smallest absolute Gasteiger partial charge is 0.0467 e. The van der Waals surface area contributed by atoms with Gasteiger partial charge in [0.25, 0.3) is 0 Å². The Kier molecular flexibility index (Phi) is 14.8. The van der Waals surface area contributed by atoms with Crippen LogP contribution in [-0.2, 0) is 0 Å². The number of rotatable bonds is 14.